The van der Waals surface area contributed by atoms with E-state index in [-0.39, 0.29) is 0 Å². The minimum Gasteiger partial charge on any atom is -0.335 e. The van der Waals surface area contributed by atoms with E-state index >= 15 is 0 Å². The van der Waals surface area contributed by atoms with Crippen molar-refractivity contribution in [1.29, 1.82) is 0 Å². The van der Waals surface area contributed by atoms with Crippen LogP contribution in [0.4, 0.5) is 0 Å². The van der Waals surface area contributed by atoms with Crippen molar-refractivity contribution in [3.05, 3.63) is 46.4 Å². The van der Waals surface area contributed by atoms with Gasteiger partial charge in [-0.2, -0.15) is 0 Å². The van der Waals surface area contributed by atoms with Crippen LogP contribution in [0.5, 0.6) is 0 Å². The summed E-state index contributed by atoms with van der Waals surface area (Å²) < 4.78 is 0.537. The molecule has 3 heteroatoms. The Kier molecular flexibility index (Phi) is 3.15. The summed E-state index contributed by atoms with van der Waals surface area (Å²) in [5.41, 5.74) is 4.42. The fraction of sp³-hybridized carbons (Fsp3) is 0.231. The molecule has 0 radical (unpaired) electrons. The first-order valence-electron chi connectivity index (χ1n) is 5.36. The van der Waals surface area contributed by atoms with Gasteiger partial charge in [0.1, 0.15) is 0 Å². The van der Waals surface area contributed by atoms with E-state index in [1.807, 2.05) is 13.0 Å². The summed E-state index contributed by atoms with van der Waals surface area (Å²) in [5, 5.41) is 0. The van der Waals surface area contributed by atoms with Crippen LogP contribution in [0.3, 0.4) is 0 Å². The topological polar surface area (TPSA) is 28.7 Å². The van der Waals surface area contributed by atoms with Crippen molar-refractivity contribution < 1.29 is 0 Å². The van der Waals surface area contributed by atoms with Crippen LogP contribution in [-0.2, 0) is 6.42 Å². The van der Waals surface area contributed by atoms with Crippen molar-refractivity contribution in [2.24, 2.45) is 0 Å². The molecule has 1 N–H and O–H groups in total. The lowest BCUT2D eigenvalue weighted by Crippen LogP contribution is -1.90. The quantitative estimate of drug-likeness (QED) is 0.797. The van der Waals surface area contributed by atoms with Crippen LogP contribution >= 0.6 is 12.2 Å². The average molecular weight is 230 g/mol. The Morgan fingerprint density at radius 1 is 1.25 bits per heavy atom. The Morgan fingerprint density at radius 3 is 2.50 bits per heavy atom. The zero-order chi connectivity index (χ0) is 11.5. The Labute approximate surface area is 100 Å². The zero-order valence-electron chi connectivity index (χ0n) is 9.45. The number of hydrogen-bond donors (Lipinski definition) is 1. The SMILES string of the molecule is CCc1ccc(-c2cc(C)[nH]c(=S)n2)cc1. The summed E-state index contributed by atoms with van der Waals surface area (Å²) in [6.07, 6.45) is 1.06. The van der Waals surface area contributed by atoms with Gasteiger partial charge in [-0.05, 0) is 37.2 Å². The van der Waals surface area contributed by atoms with Crippen molar-refractivity contribution in [3.8, 4) is 11.3 Å². The second-order valence-corrected chi connectivity index (χ2v) is 4.19. The molecule has 16 heavy (non-hydrogen) atoms. The normalized spacial score (nSPS) is 10.4. The molecule has 0 atom stereocenters. The van der Waals surface area contributed by atoms with Gasteiger partial charge in [0.05, 0.1) is 5.69 Å². The van der Waals surface area contributed by atoms with Gasteiger partial charge < -0.3 is 4.98 Å². The monoisotopic (exact) mass is 230 g/mol. The van der Waals surface area contributed by atoms with Gasteiger partial charge in [-0.25, -0.2) is 4.98 Å². The van der Waals surface area contributed by atoms with E-state index < -0.39 is 0 Å². The number of aromatic amines is 1. The van der Waals surface area contributed by atoms with E-state index in [4.69, 9.17) is 12.2 Å². The van der Waals surface area contributed by atoms with Crippen molar-refractivity contribution in [1.82, 2.24) is 9.97 Å². The fourth-order valence-corrected chi connectivity index (χ4v) is 1.90. The zero-order valence-corrected chi connectivity index (χ0v) is 10.3. The molecule has 0 aliphatic rings. The number of aromatic nitrogens is 2. The highest BCUT2D eigenvalue weighted by Crippen LogP contribution is 2.18. The number of hydrogen-bond acceptors (Lipinski definition) is 2. The molecule has 2 aromatic rings. The van der Waals surface area contributed by atoms with Gasteiger partial charge >= 0.3 is 0 Å². The van der Waals surface area contributed by atoms with Crippen LogP contribution < -0.4 is 0 Å². The lowest BCUT2D eigenvalue weighted by molar-refractivity contribution is 1.08. The lowest BCUT2D eigenvalue weighted by atomic mass is 10.1. The molecule has 2 nitrogen and oxygen atoms in total. The van der Waals surface area contributed by atoms with Crippen LogP contribution in [0.15, 0.2) is 30.3 Å². The molecule has 1 aromatic heterocycles. The summed E-state index contributed by atoms with van der Waals surface area (Å²) in [5.74, 6) is 0. The number of nitrogens with one attached hydrogen (secondary N) is 1. The van der Waals surface area contributed by atoms with E-state index in [0.717, 1.165) is 23.4 Å². The summed E-state index contributed by atoms with van der Waals surface area (Å²) >= 11 is 5.07. The molecule has 1 heterocycles. The highest BCUT2D eigenvalue weighted by Gasteiger charge is 2.00. The van der Waals surface area contributed by atoms with E-state index in [2.05, 4.69) is 41.2 Å². The second-order valence-electron chi connectivity index (χ2n) is 3.81. The van der Waals surface area contributed by atoms with Crippen LogP contribution in [0.25, 0.3) is 11.3 Å². The van der Waals surface area contributed by atoms with Gasteiger partial charge in [0.15, 0.2) is 4.77 Å². The molecule has 0 spiro atoms. The molecular formula is C13H14N2S. The Morgan fingerprint density at radius 2 is 1.94 bits per heavy atom. The molecule has 0 aliphatic carbocycles. The minimum absolute atomic E-state index is 0.537. The van der Waals surface area contributed by atoms with E-state index in [1.165, 1.54) is 5.56 Å². The third-order valence-electron chi connectivity index (χ3n) is 2.54. The molecular weight excluding hydrogens is 216 g/mol. The molecule has 0 fully saturated rings. The van der Waals surface area contributed by atoms with Gasteiger partial charge in [0.25, 0.3) is 0 Å². The number of nitrogens with zero attached hydrogens (tertiary/aromatic N) is 1. The first-order valence-corrected chi connectivity index (χ1v) is 5.77. The second kappa shape index (κ2) is 4.58. The maximum absolute atomic E-state index is 5.07. The third kappa shape index (κ3) is 2.36. The van der Waals surface area contributed by atoms with Gasteiger partial charge in [-0.1, -0.05) is 31.2 Å². The average Bonchev–Trinajstić information content (AvgIpc) is 2.28. The largest absolute Gasteiger partial charge is 0.335 e. The van der Waals surface area contributed by atoms with Gasteiger partial charge in [-0.3, -0.25) is 0 Å². The summed E-state index contributed by atoms with van der Waals surface area (Å²) in [7, 11) is 0. The summed E-state index contributed by atoms with van der Waals surface area (Å²) in [4.78, 5) is 7.33. The van der Waals surface area contributed by atoms with Crippen molar-refractivity contribution in [2.45, 2.75) is 20.3 Å². The summed E-state index contributed by atoms with van der Waals surface area (Å²) in [6.45, 7) is 4.14. The molecule has 1 aromatic carbocycles. The highest BCUT2D eigenvalue weighted by molar-refractivity contribution is 7.71. The standard InChI is InChI=1S/C13H14N2S/c1-3-10-4-6-11(7-5-10)12-8-9(2)14-13(16)15-12/h4-8H,3H2,1-2H3,(H,14,15,16). The van der Waals surface area contributed by atoms with Crippen LogP contribution in [-0.4, -0.2) is 9.97 Å². The predicted octanol–water partition coefficient (Wildman–Crippen LogP) is 3.68. The Bertz CT molecular complexity index is 541. The first kappa shape index (κ1) is 11.0. The van der Waals surface area contributed by atoms with Crippen molar-refractivity contribution >= 4 is 12.2 Å². The molecule has 0 saturated heterocycles. The molecule has 0 unspecified atom stereocenters. The fourth-order valence-electron chi connectivity index (χ4n) is 1.64. The van der Waals surface area contributed by atoms with Crippen LogP contribution in [0, 0.1) is 11.7 Å². The van der Waals surface area contributed by atoms with Gasteiger partial charge in [0, 0.05) is 11.3 Å². The Balaban J connectivity index is 2.46. The number of H-pyrrole nitrogens is 1. The van der Waals surface area contributed by atoms with Crippen LogP contribution in [0.1, 0.15) is 18.2 Å². The minimum atomic E-state index is 0.537. The predicted molar refractivity (Wildman–Crippen MR) is 69.0 cm³/mol. The van der Waals surface area contributed by atoms with Gasteiger partial charge in [-0.15, -0.1) is 0 Å². The molecule has 2 rings (SSSR count). The van der Waals surface area contributed by atoms with E-state index in [0.29, 0.717) is 4.77 Å². The highest BCUT2D eigenvalue weighted by atomic mass is 32.1. The molecule has 82 valence electrons. The molecule has 0 amide bonds. The number of benzene rings is 1. The third-order valence-corrected chi connectivity index (χ3v) is 2.73. The van der Waals surface area contributed by atoms with Crippen molar-refractivity contribution in [2.75, 3.05) is 0 Å². The van der Waals surface area contributed by atoms with Crippen molar-refractivity contribution in [3.63, 3.8) is 0 Å². The molecule has 0 saturated carbocycles. The van der Waals surface area contributed by atoms with Crippen LogP contribution in [0.2, 0.25) is 0 Å². The van der Waals surface area contributed by atoms with Gasteiger partial charge in [0.2, 0.25) is 0 Å². The summed E-state index contributed by atoms with van der Waals surface area (Å²) in [6, 6.07) is 10.5. The maximum Gasteiger partial charge on any atom is 0.197 e. The van der Waals surface area contributed by atoms with E-state index in [1.54, 1.807) is 0 Å². The molecule has 0 bridgehead atoms. The number of rotatable bonds is 2. The lowest BCUT2D eigenvalue weighted by Gasteiger charge is -2.03. The first-order chi connectivity index (χ1) is 7.69. The Hall–Kier alpha value is -1.48. The number of aryl methyl sites for hydroxylation is 2. The maximum atomic E-state index is 5.07. The molecule has 0 aliphatic heterocycles. The van der Waals surface area contributed by atoms with E-state index in [9.17, 15) is 0 Å². The smallest absolute Gasteiger partial charge is 0.197 e.